The molecule has 25 heavy (non-hydrogen) atoms. The number of Topliss-reactive ketones (excluding diaryl/α,β-unsaturated/α-hetero) is 1. The molecule has 9 heteroatoms. The van der Waals surface area contributed by atoms with Gasteiger partial charge in [0.15, 0.2) is 0 Å². The number of nitrogens with zero attached hydrogens (tertiary/aromatic N) is 4. The highest BCUT2D eigenvalue weighted by atomic mass is 16.5. The van der Waals surface area contributed by atoms with Crippen molar-refractivity contribution in [2.45, 2.75) is 20.3 Å². The molecular formula is C16H23N5O4. The minimum atomic E-state index is -1.16. The van der Waals surface area contributed by atoms with E-state index in [9.17, 15) is 14.4 Å². The third-order valence-electron chi connectivity index (χ3n) is 4.07. The van der Waals surface area contributed by atoms with Gasteiger partial charge in [0.05, 0.1) is 0 Å². The number of piperazine rings is 1. The first-order valence-corrected chi connectivity index (χ1v) is 8.23. The third kappa shape index (κ3) is 4.72. The van der Waals surface area contributed by atoms with Gasteiger partial charge in [0, 0.05) is 38.6 Å². The first-order valence-electron chi connectivity index (χ1n) is 8.23. The maximum absolute atomic E-state index is 12.7. The van der Waals surface area contributed by atoms with E-state index in [1.54, 1.807) is 23.4 Å². The molecule has 9 nitrogen and oxygen atoms in total. The zero-order valence-electron chi connectivity index (χ0n) is 14.4. The van der Waals surface area contributed by atoms with Crippen molar-refractivity contribution >= 4 is 23.5 Å². The molecular weight excluding hydrogens is 326 g/mol. The number of hydrogen-bond donors (Lipinski definition) is 2. The lowest BCUT2D eigenvalue weighted by Crippen LogP contribution is -2.53. The molecule has 1 aliphatic heterocycles. The summed E-state index contributed by atoms with van der Waals surface area (Å²) in [5, 5.41) is 8.68. The molecule has 2 N–H and O–H groups in total. The number of hydrogen-bond acceptors (Lipinski definition) is 7. The summed E-state index contributed by atoms with van der Waals surface area (Å²) in [6, 6.07) is 1.73. The highest BCUT2D eigenvalue weighted by Gasteiger charge is 2.36. The zero-order chi connectivity index (χ0) is 18.4. The summed E-state index contributed by atoms with van der Waals surface area (Å²) in [5.41, 5.74) is 1.32. The molecule has 1 fully saturated rings. The van der Waals surface area contributed by atoms with E-state index in [1.807, 2.05) is 18.7 Å². The quantitative estimate of drug-likeness (QED) is 0.318. The van der Waals surface area contributed by atoms with Crippen molar-refractivity contribution in [2.75, 3.05) is 31.1 Å². The van der Waals surface area contributed by atoms with Gasteiger partial charge in [0.1, 0.15) is 5.92 Å². The van der Waals surface area contributed by atoms with E-state index in [4.69, 9.17) is 5.21 Å². The van der Waals surface area contributed by atoms with Crippen molar-refractivity contribution in [3.05, 3.63) is 18.5 Å². The van der Waals surface area contributed by atoms with Crippen molar-refractivity contribution in [1.82, 2.24) is 20.3 Å². The van der Waals surface area contributed by atoms with E-state index in [0.29, 0.717) is 32.1 Å². The van der Waals surface area contributed by atoms with E-state index in [2.05, 4.69) is 9.97 Å². The second kappa shape index (κ2) is 8.52. The number of carbonyl (C=O) groups is 3. The number of ketones is 1. The average molecular weight is 349 g/mol. The maximum Gasteiger partial charge on any atom is 0.311 e. The van der Waals surface area contributed by atoms with E-state index >= 15 is 0 Å². The highest BCUT2D eigenvalue weighted by molar-refractivity contribution is 6.40. The highest BCUT2D eigenvalue weighted by Crippen LogP contribution is 2.18. The number of amides is 2. The second-order valence-corrected chi connectivity index (χ2v) is 6.35. The predicted molar refractivity (Wildman–Crippen MR) is 88.7 cm³/mol. The molecule has 0 aromatic carbocycles. The Labute approximate surface area is 146 Å². The monoisotopic (exact) mass is 349 g/mol. The van der Waals surface area contributed by atoms with Crippen LogP contribution in [0.15, 0.2) is 18.5 Å². The maximum atomic E-state index is 12.7. The minimum Gasteiger partial charge on any atom is -0.339 e. The fourth-order valence-corrected chi connectivity index (χ4v) is 2.81. The molecule has 2 amide bonds. The van der Waals surface area contributed by atoms with Crippen molar-refractivity contribution in [2.24, 2.45) is 11.8 Å². The topological polar surface area (TPSA) is 116 Å². The lowest BCUT2D eigenvalue weighted by atomic mass is 9.91. The predicted octanol–water partition coefficient (Wildman–Crippen LogP) is -0.138. The van der Waals surface area contributed by atoms with Gasteiger partial charge in [-0.1, -0.05) is 13.8 Å². The van der Waals surface area contributed by atoms with Crippen LogP contribution < -0.4 is 10.4 Å². The Morgan fingerprint density at radius 2 is 1.76 bits per heavy atom. The Kier molecular flexibility index (Phi) is 6.40. The van der Waals surface area contributed by atoms with Gasteiger partial charge in [0.25, 0.3) is 0 Å². The summed E-state index contributed by atoms with van der Waals surface area (Å²) < 4.78 is 0. The van der Waals surface area contributed by atoms with Crippen LogP contribution in [0.3, 0.4) is 0 Å². The Morgan fingerprint density at radius 1 is 1.16 bits per heavy atom. The summed E-state index contributed by atoms with van der Waals surface area (Å²) >= 11 is 0. The molecule has 0 unspecified atom stereocenters. The molecule has 1 saturated heterocycles. The Hall–Kier alpha value is -2.55. The van der Waals surface area contributed by atoms with Crippen LogP contribution in [-0.2, 0) is 14.4 Å². The van der Waals surface area contributed by atoms with Gasteiger partial charge in [-0.3, -0.25) is 19.6 Å². The van der Waals surface area contributed by atoms with Crippen LogP contribution in [0, 0.1) is 11.8 Å². The summed E-state index contributed by atoms with van der Waals surface area (Å²) in [7, 11) is 0. The number of aromatic nitrogens is 2. The summed E-state index contributed by atoms with van der Waals surface area (Å²) in [5.74, 6) is -2.86. The molecule has 1 aromatic rings. The number of anilines is 1. The van der Waals surface area contributed by atoms with Gasteiger partial charge < -0.3 is 9.80 Å². The summed E-state index contributed by atoms with van der Waals surface area (Å²) in [6.07, 6.45) is 3.57. The first-order chi connectivity index (χ1) is 11.9. The molecule has 0 bridgehead atoms. The van der Waals surface area contributed by atoms with Gasteiger partial charge in [-0.2, -0.15) is 0 Å². The van der Waals surface area contributed by atoms with Crippen LogP contribution in [0.4, 0.5) is 5.95 Å². The lowest BCUT2D eigenvalue weighted by molar-refractivity contribution is -0.151. The molecule has 1 aromatic heterocycles. The molecule has 136 valence electrons. The van der Waals surface area contributed by atoms with Crippen molar-refractivity contribution in [1.29, 1.82) is 0 Å². The van der Waals surface area contributed by atoms with Gasteiger partial charge >= 0.3 is 5.91 Å². The number of carbonyl (C=O) groups excluding carboxylic acids is 3. The SMILES string of the molecule is CC(C)C[C@@H](C(=O)C(=O)NO)C(=O)N1CCN(c2ncccn2)CC1. The van der Waals surface area contributed by atoms with Gasteiger partial charge in [-0.15, -0.1) is 0 Å². The first kappa shape index (κ1) is 18.8. The Bertz CT molecular complexity index is 614. The number of hydroxylamine groups is 1. The number of nitrogens with one attached hydrogen (secondary N) is 1. The molecule has 2 heterocycles. The van der Waals surface area contributed by atoms with Crippen molar-refractivity contribution < 1.29 is 19.6 Å². The molecule has 2 rings (SSSR count). The third-order valence-corrected chi connectivity index (χ3v) is 4.07. The van der Waals surface area contributed by atoms with Crippen LogP contribution in [0.5, 0.6) is 0 Å². The van der Waals surface area contributed by atoms with Gasteiger partial charge in [0.2, 0.25) is 17.6 Å². The smallest absolute Gasteiger partial charge is 0.311 e. The molecule has 1 atom stereocenters. The van der Waals surface area contributed by atoms with Crippen LogP contribution in [0.2, 0.25) is 0 Å². The number of rotatable bonds is 6. The lowest BCUT2D eigenvalue weighted by Gasteiger charge is -2.36. The largest absolute Gasteiger partial charge is 0.339 e. The van der Waals surface area contributed by atoms with Crippen LogP contribution in [-0.4, -0.2) is 63.9 Å². The van der Waals surface area contributed by atoms with Crippen LogP contribution in [0.25, 0.3) is 0 Å². The molecule has 0 spiro atoms. The van der Waals surface area contributed by atoms with E-state index in [0.717, 1.165) is 0 Å². The van der Waals surface area contributed by atoms with Crippen LogP contribution in [0.1, 0.15) is 20.3 Å². The van der Waals surface area contributed by atoms with E-state index in [1.165, 1.54) is 5.48 Å². The standard InChI is InChI=1S/C16H23N5O4/c1-11(2)10-12(13(22)14(23)19-25)15(24)20-6-8-21(9-7-20)16-17-4-3-5-18-16/h3-5,11-12,25H,6-10H2,1-2H3,(H,19,23)/t12-/m0/s1. The van der Waals surface area contributed by atoms with E-state index < -0.39 is 17.6 Å². The van der Waals surface area contributed by atoms with Gasteiger partial charge in [-0.25, -0.2) is 15.4 Å². The Morgan fingerprint density at radius 3 is 2.28 bits per heavy atom. The normalized spacial score (nSPS) is 15.8. The zero-order valence-corrected chi connectivity index (χ0v) is 14.4. The summed E-state index contributed by atoms with van der Waals surface area (Å²) in [4.78, 5) is 48.2. The molecule has 0 saturated carbocycles. The minimum absolute atomic E-state index is 0.0587. The fourth-order valence-electron chi connectivity index (χ4n) is 2.81. The Balaban J connectivity index is 2.02. The van der Waals surface area contributed by atoms with Crippen LogP contribution >= 0.6 is 0 Å². The second-order valence-electron chi connectivity index (χ2n) is 6.35. The molecule has 0 aliphatic carbocycles. The fraction of sp³-hybridized carbons (Fsp3) is 0.562. The van der Waals surface area contributed by atoms with E-state index in [-0.39, 0.29) is 18.2 Å². The molecule has 0 radical (unpaired) electrons. The molecule has 1 aliphatic rings. The summed E-state index contributed by atoms with van der Waals surface area (Å²) in [6.45, 7) is 5.67. The van der Waals surface area contributed by atoms with Gasteiger partial charge in [-0.05, 0) is 18.4 Å². The van der Waals surface area contributed by atoms with Crippen molar-refractivity contribution in [3.8, 4) is 0 Å². The average Bonchev–Trinajstić information content (AvgIpc) is 2.65. The van der Waals surface area contributed by atoms with Crippen molar-refractivity contribution in [3.63, 3.8) is 0 Å².